The van der Waals surface area contributed by atoms with Crippen molar-refractivity contribution >= 4 is 11.6 Å². The average molecular weight is 358 g/mol. The number of amides is 1. The summed E-state index contributed by atoms with van der Waals surface area (Å²) in [7, 11) is 5.18. The quantitative estimate of drug-likeness (QED) is 0.859. The van der Waals surface area contributed by atoms with E-state index in [1.165, 1.54) is 0 Å². The van der Waals surface area contributed by atoms with Crippen molar-refractivity contribution in [3.8, 4) is 11.5 Å². The minimum atomic E-state index is -0.0325. The van der Waals surface area contributed by atoms with Gasteiger partial charge in [0.05, 0.1) is 38.3 Å². The van der Waals surface area contributed by atoms with Crippen molar-refractivity contribution in [2.75, 3.05) is 32.6 Å². The number of nitrogens with zero attached hydrogens (tertiary/aromatic N) is 3. The Morgan fingerprint density at radius 2 is 2.15 bits per heavy atom. The smallest absolute Gasteiger partial charge is 0.238 e. The predicted molar refractivity (Wildman–Crippen MR) is 99.7 cm³/mol. The first kappa shape index (κ1) is 18.3. The highest BCUT2D eigenvalue weighted by molar-refractivity contribution is 5.92. The number of carbonyl (C=O) groups excluding carboxylic acids is 1. The minimum Gasteiger partial charge on any atom is -0.497 e. The lowest BCUT2D eigenvalue weighted by Crippen LogP contribution is -2.33. The van der Waals surface area contributed by atoms with Crippen LogP contribution >= 0.6 is 0 Å². The average Bonchev–Trinajstić information content (AvgIpc) is 3.22. The topological polar surface area (TPSA) is 68.6 Å². The summed E-state index contributed by atoms with van der Waals surface area (Å²) in [6, 6.07) is 5.95. The van der Waals surface area contributed by atoms with Gasteiger partial charge in [0.1, 0.15) is 11.5 Å². The van der Waals surface area contributed by atoms with Gasteiger partial charge in [-0.1, -0.05) is 0 Å². The Morgan fingerprint density at radius 1 is 1.35 bits per heavy atom. The minimum absolute atomic E-state index is 0.0325. The molecule has 0 unspecified atom stereocenters. The normalized spacial score (nSPS) is 17.3. The van der Waals surface area contributed by atoms with Crippen LogP contribution in [0.15, 0.2) is 24.4 Å². The van der Waals surface area contributed by atoms with Gasteiger partial charge in [0.2, 0.25) is 5.91 Å². The number of benzene rings is 1. The number of aryl methyl sites for hydroxylation is 1. The van der Waals surface area contributed by atoms with Crippen molar-refractivity contribution in [3.63, 3.8) is 0 Å². The maximum absolute atomic E-state index is 12.5. The lowest BCUT2D eigenvalue weighted by atomic mass is 10.0. The number of hydrogen-bond acceptors (Lipinski definition) is 5. The fraction of sp³-hybridized carbons (Fsp3) is 0.474. The summed E-state index contributed by atoms with van der Waals surface area (Å²) in [5, 5.41) is 7.12. The molecule has 26 heavy (non-hydrogen) atoms. The van der Waals surface area contributed by atoms with Gasteiger partial charge in [-0.05, 0) is 44.5 Å². The van der Waals surface area contributed by atoms with Crippen LogP contribution in [0.4, 0.5) is 5.69 Å². The highest BCUT2D eigenvalue weighted by Gasteiger charge is 2.30. The van der Waals surface area contributed by atoms with E-state index in [1.807, 2.05) is 32.2 Å². The molecule has 7 nitrogen and oxygen atoms in total. The molecule has 1 aliphatic rings. The summed E-state index contributed by atoms with van der Waals surface area (Å²) >= 11 is 0. The van der Waals surface area contributed by atoms with E-state index >= 15 is 0 Å². The second kappa shape index (κ2) is 7.78. The molecule has 140 valence electrons. The Bertz CT molecular complexity index is 787. The largest absolute Gasteiger partial charge is 0.497 e. The van der Waals surface area contributed by atoms with Gasteiger partial charge in [-0.15, -0.1) is 0 Å². The molecule has 0 radical (unpaired) electrons. The van der Waals surface area contributed by atoms with Crippen LogP contribution in [0.5, 0.6) is 11.5 Å². The first-order valence-corrected chi connectivity index (χ1v) is 8.78. The fourth-order valence-corrected chi connectivity index (χ4v) is 3.46. The SMILES string of the molecule is COc1ccc(OC)c([C@@H]2CCCN2CC(=O)Nc2cnn(C)c2C)c1. The molecule has 7 heteroatoms. The van der Waals surface area contributed by atoms with E-state index in [-0.39, 0.29) is 11.9 Å². The Kier molecular flexibility index (Phi) is 5.46. The van der Waals surface area contributed by atoms with E-state index in [0.717, 1.165) is 47.8 Å². The van der Waals surface area contributed by atoms with Crippen LogP contribution in [0.25, 0.3) is 0 Å². The number of ether oxygens (including phenoxy) is 2. The van der Waals surface area contributed by atoms with Crippen molar-refractivity contribution in [1.82, 2.24) is 14.7 Å². The number of hydrogen-bond donors (Lipinski definition) is 1. The van der Waals surface area contributed by atoms with E-state index in [1.54, 1.807) is 25.1 Å². The van der Waals surface area contributed by atoms with Crippen molar-refractivity contribution in [1.29, 1.82) is 0 Å². The highest BCUT2D eigenvalue weighted by Crippen LogP contribution is 2.38. The van der Waals surface area contributed by atoms with Crippen LogP contribution in [0.3, 0.4) is 0 Å². The molecule has 3 rings (SSSR count). The molecule has 0 bridgehead atoms. The maximum atomic E-state index is 12.5. The van der Waals surface area contributed by atoms with Crippen LogP contribution in [0.1, 0.15) is 30.1 Å². The van der Waals surface area contributed by atoms with E-state index in [2.05, 4.69) is 15.3 Å². The second-order valence-corrected chi connectivity index (χ2v) is 6.55. The molecule has 1 atom stereocenters. The number of rotatable bonds is 6. The van der Waals surface area contributed by atoms with Crippen molar-refractivity contribution in [2.45, 2.75) is 25.8 Å². The zero-order valence-corrected chi connectivity index (χ0v) is 15.8. The van der Waals surface area contributed by atoms with Crippen LogP contribution < -0.4 is 14.8 Å². The molecular weight excluding hydrogens is 332 g/mol. The summed E-state index contributed by atoms with van der Waals surface area (Å²) < 4.78 is 12.6. The summed E-state index contributed by atoms with van der Waals surface area (Å²) in [6.07, 6.45) is 3.72. The molecule has 1 fully saturated rings. The van der Waals surface area contributed by atoms with E-state index < -0.39 is 0 Å². The third-order valence-electron chi connectivity index (χ3n) is 5.02. The summed E-state index contributed by atoms with van der Waals surface area (Å²) in [4.78, 5) is 14.7. The van der Waals surface area contributed by atoms with Crippen LogP contribution in [0, 0.1) is 6.92 Å². The van der Waals surface area contributed by atoms with Gasteiger partial charge in [0.25, 0.3) is 0 Å². The standard InChI is InChI=1S/C19H26N4O3/c1-13-16(11-20-22(13)2)21-19(24)12-23-9-5-6-17(23)15-10-14(25-3)7-8-18(15)26-4/h7-8,10-11,17H,5-6,9,12H2,1-4H3,(H,21,24)/t17-/m0/s1. The summed E-state index contributed by atoms with van der Waals surface area (Å²) in [5.41, 5.74) is 2.76. The zero-order chi connectivity index (χ0) is 18.7. The van der Waals surface area contributed by atoms with E-state index in [0.29, 0.717) is 6.54 Å². The molecule has 1 saturated heterocycles. The van der Waals surface area contributed by atoms with Gasteiger partial charge in [0.15, 0.2) is 0 Å². The molecule has 1 aliphatic heterocycles. The number of nitrogens with one attached hydrogen (secondary N) is 1. The van der Waals surface area contributed by atoms with Crippen LogP contribution in [-0.2, 0) is 11.8 Å². The molecule has 1 amide bonds. The second-order valence-electron chi connectivity index (χ2n) is 6.55. The van der Waals surface area contributed by atoms with E-state index in [9.17, 15) is 4.79 Å². The Hall–Kier alpha value is -2.54. The summed E-state index contributed by atoms with van der Waals surface area (Å²) in [6.45, 7) is 3.15. The molecule has 0 aliphatic carbocycles. The van der Waals surface area contributed by atoms with Gasteiger partial charge in [-0.25, -0.2) is 0 Å². The maximum Gasteiger partial charge on any atom is 0.238 e. The van der Waals surface area contributed by atoms with Gasteiger partial charge in [-0.2, -0.15) is 5.10 Å². The lowest BCUT2D eigenvalue weighted by Gasteiger charge is -2.26. The van der Waals surface area contributed by atoms with Crippen molar-refractivity contribution < 1.29 is 14.3 Å². The summed E-state index contributed by atoms with van der Waals surface area (Å²) in [5.74, 6) is 1.59. The number of likely N-dealkylation sites (tertiary alicyclic amines) is 1. The molecule has 0 saturated carbocycles. The van der Waals surface area contributed by atoms with Gasteiger partial charge >= 0.3 is 0 Å². The van der Waals surface area contributed by atoms with E-state index in [4.69, 9.17) is 9.47 Å². The monoisotopic (exact) mass is 358 g/mol. The molecular formula is C19H26N4O3. The molecule has 2 aromatic rings. The molecule has 1 aromatic carbocycles. The van der Waals surface area contributed by atoms with Gasteiger partial charge < -0.3 is 14.8 Å². The molecule has 1 N–H and O–H groups in total. The lowest BCUT2D eigenvalue weighted by molar-refractivity contribution is -0.117. The first-order valence-electron chi connectivity index (χ1n) is 8.78. The van der Waals surface area contributed by atoms with Crippen LogP contribution in [-0.4, -0.2) is 47.9 Å². The Labute approximate surface area is 153 Å². The third-order valence-corrected chi connectivity index (χ3v) is 5.02. The third kappa shape index (κ3) is 3.67. The molecule has 0 spiro atoms. The number of anilines is 1. The molecule has 1 aromatic heterocycles. The first-order chi connectivity index (χ1) is 12.5. The number of carbonyl (C=O) groups is 1. The number of aromatic nitrogens is 2. The molecule has 2 heterocycles. The fourth-order valence-electron chi connectivity index (χ4n) is 3.46. The zero-order valence-electron chi connectivity index (χ0n) is 15.8. The predicted octanol–water partition coefficient (Wildman–Crippen LogP) is 2.52. The highest BCUT2D eigenvalue weighted by atomic mass is 16.5. The van der Waals surface area contributed by atoms with Crippen molar-refractivity contribution in [2.24, 2.45) is 7.05 Å². The van der Waals surface area contributed by atoms with Gasteiger partial charge in [0, 0.05) is 18.7 Å². The van der Waals surface area contributed by atoms with Crippen molar-refractivity contribution in [3.05, 3.63) is 35.7 Å². The van der Waals surface area contributed by atoms with Crippen LogP contribution in [0.2, 0.25) is 0 Å². The number of methoxy groups -OCH3 is 2. The Balaban J connectivity index is 1.74. The van der Waals surface area contributed by atoms with Gasteiger partial charge in [-0.3, -0.25) is 14.4 Å². The Morgan fingerprint density at radius 3 is 2.81 bits per heavy atom.